The third-order valence-electron chi connectivity index (χ3n) is 3.88. The van der Waals surface area contributed by atoms with Crippen molar-refractivity contribution in [2.45, 2.75) is 27.3 Å². The summed E-state index contributed by atoms with van der Waals surface area (Å²) in [6.07, 6.45) is 0. The number of aromatic nitrogens is 2. The summed E-state index contributed by atoms with van der Waals surface area (Å²) in [5.74, 6) is -0.0843. The van der Waals surface area contributed by atoms with Gasteiger partial charge in [-0.3, -0.25) is 9.48 Å². The van der Waals surface area contributed by atoms with Gasteiger partial charge in [0.2, 0.25) is 0 Å². The summed E-state index contributed by atoms with van der Waals surface area (Å²) < 4.78 is 1.83. The number of hydrogen-bond donors (Lipinski definition) is 1. The van der Waals surface area contributed by atoms with E-state index in [4.69, 9.17) is 16.7 Å². The number of aryl methyl sites for hydroxylation is 1. The van der Waals surface area contributed by atoms with Crippen molar-refractivity contribution in [3.8, 4) is 0 Å². The van der Waals surface area contributed by atoms with Gasteiger partial charge in [-0.15, -0.1) is 0 Å². The van der Waals surface area contributed by atoms with Gasteiger partial charge in [0.1, 0.15) is 0 Å². The number of aliphatic hydroxyl groups excluding tert-OH is 1. The van der Waals surface area contributed by atoms with Crippen molar-refractivity contribution in [1.82, 2.24) is 14.7 Å². The molecule has 0 aliphatic carbocycles. The first-order valence-electron chi connectivity index (χ1n) is 7.66. The van der Waals surface area contributed by atoms with Crippen molar-refractivity contribution in [2.24, 2.45) is 0 Å². The number of rotatable bonds is 6. The van der Waals surface area contributed by atoms with Crippen LogP contribution in [0.3, 0.4) is 0 Å². The Balaban J connectivity index is 2.28. The summed E-state index contributed by atoms with van der Waals surface area (Å²) in [5, 5.41) is 14.3. The summed E-state index contributed by atoms with van der Waals surface area (Å²) in [5.41, 5.74) is 3.23. The summed E-state index contributed by atoms with van der Waals surface area (Å²) in [6, 6.07) is 7.58. The standard InChI is InChI=1S/C17H22ClN3O2/c1-4-20(9-10-22)17(23)16-12(2)19-21(13(16)3)11-14-5-7-15(18)8-6-14/h5-8,22H,4,9-11H2,1-3H3. The van der Waals surface area contributed by atoms with Crippen molar-refractivity contribution in [3.63, 3.8) is 0 Å². The molecular weight excluding hydrogens is 314 g/mol. The minimum absolute atomic E-state index is 0.0451. The Morgan fingerprint density at radius 1 is 1.30 bits per heavy atom. The van der Waals surface area contributed by atoms with Gasteiger partial charge in [-0.05, 0) is 38.5 Å². The largest absolute Gasteiger partial charge is 0.395 e. The van der Waals surface area contributed by atoms with Gasteiger partial charge in [-0.2, -0.15) is 5.10 Å². The van der Waals surface area contributed by atoms with Crippen LogP contribution in [0.4, 0.5) is 0 Å². The van der Waals surface area contributed by atoms with Gasteiger partial charge in [0, 0.05) is 23.8 Å². The smallest absolute Gasteiger partial charge is 0.257 e. The number of aliphatic hydroxyl groups is 1. The molecule has 0 saturated heterocycles. The molecule has 0 fully saturated rings. The molecule has 0 aliphatic heterocycles. The van der Waals surface area contributed by atoms with E-state index >= 15 is 0 Å². The number of benzene rings is 1. The topological polar surface area (TPSA) is 58.4 Å². The first-order chi connectivity index (χ1) is 11.0. The Labute approximate surface area is 141 Å². The molecule has 0 spiro atoms. The van der Waals surface area contributed by atoms with E-state index in [1.165, 1.54) is 0 Å². The van der Waals surface area contributed by atoms with Gasteiger partial charge in [0.15, 0.2) is 0 Å². The number of carbonyl (C=O) groups is 1. The second-order valence-corrected chi connectivity index (χ2v) is 5.87. The fourth-order valence-corrected chi connectivity index (χ4v) is 2.73. The van der Waals surface area contributed by atoms with Crippen LogP contribution in [0, 0.1) is 13.8 Å². The number of hydrogen-bond acceptors (Lipinski definition) is 3. The molecule has 0 atom stereocenters. The van der Waals surface area contributed by atoms with Gasteiger partial charge in [-0.25, -0.2) is 0 Å². The molecule has 23 heavy (non-hydrogen) atoms. The number of amides is 1. The van der Waals surface area contributed by atoms with Crippen LogP contribution in [-0.4, -0.2) is 45.4 Å². The summed E-state index contributed by atoms with van der Waals surface area (Å²) >= 11 is 5.90. The van der Waals surface area contributed by atoms with Crippen molar-refractivity contribution in [3.05, 3.63) is 51.8 Å². The van der Waals surface area contributed by atoms with Crippen LogP contribution in [-0.2, 0) is 6.54 Å². The molecule has 1 aromatic carbocycles. The second-order valence-electron chi connectivity index (χ2n) is 5.44. The monoisotopic (exact) mass is 335 g/mol. The van der Waals surface area contributed by atoms with Gasteiger partial charge in [0.25, 0.3) is 5.91 Å². The number of halogens is 1. The predicted octanol–water partition coefficient (Wildman–Crippen LogP) is 2.66. The van der Waals surface area contributed by atoms with E-state index < -0.39 is 0 Å². The molecule has 1 amide bonds. The molecule has 0 bridgehead atoms. The van der Waals surface area contributed by atoms with Crippen molar-refractivity contribution in [1.29, 1.82) is 0 Å². The van der Waals surface area contributed by atoms with E-state index in [1.807, 2.05) is 49.7 Å². The van der Waals surface area contributed by atoms with Crippen LogP contribution in [0.5, 0.6) is 0 Å². The summed E-state index contributed by atoms with van der Waals surface area (Å²) in [4.78, 5) is 14.3. The molecule has 1 aromatic heterocycles. The molecule has 1 heterocycles. The molecule has 0 aliphatic rings. The molecule has 0 saturated carbocycles. The lowest BCUT2D eigenvalue weighted by Gasteiger charge is -2.19. The molecule has 1 N–H and O–H groups in total. The predicted molar refractivity (Wildman–Crippen MR) is 90.9 cm³/mol. The van der Waals surface area contributed by atoms with Gasteiger partial charge < -0.3 is 10.0 Å². The highest BCUT2D eigenvalue weighted by Gasteiger charge is 2.22. The summed E-state index contributed by atoms with van der Waals surface area (Å²) in [6.45, 7) is 7.06. The molecular formula is C17H22ClN3O2. The first kappa shape index (κ1) is 17.5. The highest BCUT2D eigenvalue weighted by Crippen LogP contribution is 2.18. The zero-order valence-electron chi connectivity index (χ0n) is 13.7. The van der Waals surface area contributed by atoms with Crippen molar-refractivity contribution in [2.75, 3.05) is 19.7 Å². The molecule has 6 heteroatoms. The number of nitrogens with zero attached hydrogens (tertiary/aromatic N) is 3. The average molecular weight is 336 g/mol. The van der Waals surface area contributed by atoms with Crippen molar-refractivity contribution >= 4 is 17.5 Å². The van der Waals surface area contributed by atoms with Crippen LogP contribution in [0.2, 0.25) is 5.02 Å². The van der Waals surface area contributed by atoms with E-state index in [-0.39, 0.29) is 12.5 Å². The van der Waals surface area contributed by atoms with E-state index in [1.54, 1.807) is 4.90 Å². The van der Waals surface area contributed by atoms with Crippen LogP contribution in [0.15, 0.2) is 24.3 Å². The summed E-state index contributed by atoms with van der Waals surface area (Å²) in [7, 11) is 0. The molecule has 124 valence electrons. The van der Waals surface area contributed by atoms with Crippen LogP contribution in [0.1, 0.15) is 34.2 Å². The molecule has 2 aromatic rings. The average Bonchev–Trinajstić information content (AvgIpc) is 2.80. The Hall–Kier alpha value is -1.85. The van der Waals surface area contributed by atoms with Crippen LogP contribution < -0.4 is 0 Å². The maximum absolute atomic E-state index is 12.7. The van der Waals surface area contributed by atoms with Gasteiger partial charge in [-0.1, -0.05) is 23.7 Å². The zero-order chi connectivity index (χ0) is 17.0. The van der Waals surface area contributed by atoms with Gasteiger partial charge >= 0.3 is 0 Å². The molecule has 5 nitrogen and oxygen atoms in total. The maximum atomic E-state index is 12.7. The highest BCUT2D eigenvalue weighted by atomic mass is 35.5. The Bertz CT molecular complexity index is 680. The van der Waals surface area contributed by atoms with Crippen molar-refractivity contribution < 1.29 is 9.90 Å². The van der Waals surface area contributed by atoms with Gasteiger partial charge in [0.05, 0.1) is 24.4 Å². The first-order valence-corrected chi connectivity index (χ1v) is 8.04. The lowest BCUT2D eigenvalue weighted by Crippen LogP contribution is -2.34. The maximum Gasteiger partial charge on any atom is 0.257 e. The molecule has 0 radical (unpaired) electrons. The fourth-order valence-electron chi connectivity index (χ4n) is 2.61. The minimum atomic E-state index is -0.0843. The SMILES string of the molecule is CCN(CCO)C(=O)c1c(C)nn(Cc2ccc(Cl)cc2)c1C. The lowest BCUT2D eigenvalue weighted by atomic mass is 10.1. The van der Waals surface area contributed by atoms with Crippen LogP contribution in [0.25, 0.3) is 0 Å². The van der Waals surface area contributed by atoms with E-state index in [2.05, 4.69) is 5.10 Å². The Kier molecular flexibility index (Phi) is 5.80. The third-order valence-corrected chi connectivity index (χ3v) is 4.13. The number of likely N-dealkylation sites (N-methyl/N-ethyl adjacent to an activating group) is 1. The van der Waals surface area contributed by atoms with Crippen LogP contribution >= 0.6 is 11.6 Å². The van der Waals surface area contributed by atoms with E-state index in [0.717, 1.165) is 11.3 Å². The molecule has 0 unspecified atom stereocenters. The third kappa shape index (κ3) is 3.92. The fraction of sp³-hybridized carbons (Fsp3) is 0.412. The lowest BCUT2D eigenvalue weighted by molar-refractivity contribution is 0.0730. The van der Waals surface area contributed by atoms with E-state index in [0.29, 0.717) is 35.9 Å². The minimum Gasteiger partial charge on any atom is -0.395 e. The normalized spacial score (nSPS) is 10.8. The Morgan fingerprint density at radius 3 is 2.52 bits per heavy atom. The highest BCUT2D eigenvalue weighted by molar-refractivity contribution is 6.30. The zero-order valence-corrected chi connectivity index (χ0v) is 14.5. The number of carbonyl (C=O) groups excluding carboxylic acids is 1. The second kappa shape index (κ2) is 7.62. The quantitative estimate of drug-likeness (QED) is 0.883. The van der Waals surface area contributed by atoms with E-state index in [9.17, 15) is 4.79 Å². The Morgan fingerprint density at radius 2 is 1.96 bits per heavy atom. The molecule has 2 rings (SSSR count).